The number of halogens is 3. The maximum absolute atomic E-state index is 13.3. The number of hydrogen-bond donors (Lipinski definition) is 1. The molecule has 1 aliphatic heterocycles. The molecule has 2 aromatic rings. The molecule has 0 bridgehead atoms. The molecule has 4 rings (SSSR count). The number of nitrogens with one attached hydrogen (secondary N) is 1. The number of sulfonamides is 1. The standard InChI is InChI=1S/C22H22F3N3O3S/c1-28-11-5-10-20(28)27-32(30,31)15-7-4-6-14(12-15)26-21(29)18-13-17(18)16-8-2-3-9-19(16)22(23,24)25/h2-4,6-9,12,17-18H,5,10-11,13H2,1H3,(H,26,29)/b27-20+. The van der Waals surface area contributed by atoms with Crippen LogP contribution in [0.1, 0.15) is 36.3 Å². The van der Waals surface area contributed by atoms with Crippen molar-refractivity contribution in [2.75, 3.05) is 18.9 Å². The van der Waals surface area contributed by atoms with E-state index in [1.807, 2.05) is 0 Å². The first-order valence-electron chi connectivity index (χ1n) is 10.2. The summed E-state index contributed by atoms with van der Waals surface area (Å²) < 4.78 is 69.0. The van der Waals surface area contributed by atoms with E-state index in [2.05, 4.69) is 9.71 Å². The van der Waals surface area contributed by atoms with Gasteiger partial charge in [0.15, 0.2) is 0 Å². The molecule has 1 heterocycles. The molecule has 32 heavy (non-hydrogen) atoms. The summed E-state index contributed by atoms with van der Waals surface area (Å²) in [6.45, 7) is 0.741. The monoisotopic (exact) mass is 465 g/mol. The number of likely N-dealkylation sites (tertiary alicyclic amines) is 1. The Morgan fingerprint density at radius 1 is 1.16 bits per heavy atom. The third-order valence-corrected chi connectivity index (χ3v) is 7.05. The molecule has 6 nitrogen and oxygen atoms in total. The molecule has 1 amide bonds. The predicted molar refractivity (Wildman–Crippen MR) is 114 cm³/mol. The molecule has 1 saturated heterocycles. The first kappa shape index (κ1) is 22.3. The molecule has 10 heteroatoms. The van der Waals surface area contributed by atoms with Gasteiger partial charge in [-0.15, -0.1) is 4.40 Å². The second-order valence-electron chi connectivity index (χ2n) is 8.06. The van der Waals surface area contributed by atoms with Gasteiger partial charge >= 0.3 is 6.18 Å². The zero-order valence-electron chi connectivity index (χ0n) is 17.3. The first-order chi connectivity index (χ1) is 15.1. The van der Waals surface area contributed by atoms with E-state index in [4.69, 9.17) is 0 Å². The first-order valence-corrected chi connectivity index (χ1v) is 11.6. The van der Waals surface area contributed by atoms with Gasteiger partial charge in [0.25, 0.3) is 10.0 Å². The van der Waals surface area contributed by atoms with Crippen molar-refractivity contribution < 1.29 is 26.4 Å². The van der Waals surface area contributed by atoms with E-state index in [9.17, 15) is 26.4 Å². The van der Waals surface area contributed by atoms with Crippen LogP contribution < -0.4 is 5.32 Å². The molecular formula is C22H22F3N3O3S. The molecule has 2 atom stereocenters. The number of carbonyl (C=O) groups is 1. The fourth-order valence-electron chi connectivity index (χ4n) is 3.98. The molecule has 170 valence electrons. The summed E-state index contributed by atoms with van der Waals surface area (Å²) >= 11 is 0. The van der Waals surface area contributed by atoms with Crippen molar-refractivity contribution in [2.45, 2.75) is 36.3 Å². The van der Waals surface area contributed by atoms with E-state index in [0.717, 1.165) is 19.0 Å². The topological polar surface area (TPSA) is 78.8 Å². The number of amides is 1. The maximum Gasteiger partial charge on any atom is 0.416 e. The van der Waals surface area contributed by atoms with Gasteiger partial charge in [0, 0.05) is 31.6 Å². The highest BCUT2D eigenvalue weighted by atomic mass is 32.2. The van der Waals surface area contributed by atoms with Crippen LogP contribution in [0.2, 0.25) is 0 Å². The lowest BCUT2D eigenvalue weighted by atomic mass is 10.0. The molecule has 0 aromatic heterocycles. The number of amidine groups is 1. The number of carbonyl (C=O) groups excluding carboxylic acids is 1. The third-order valence-electron chi connectivity index (χ3n) is 5.75. The fourth-order valence-corrected chi connectivity index (χ4v) is 5.12. The van der Waals surface area contributed by atoms with Gasteiger partial charge in [-0.2, -0.15) is 21.6 Å². The maximum atomic E-state index is 13.3. The van der Waals surface area contributed by atoms with Crippen molar-refractivity contribution in [1.29, 1.82) is 0 Å². The van der Waals surface area contributed by atoms with Gasteiger partial charge < -0.3 is 10.2 Å². The molecule has 2 aliphatic rings. The van der Waals surface area contributed by atoms with Crippen molar-refractivity contribution in [3.63, 3.8) is 0 Å². The summed E-state index contributed by atoms with van der Waals surface area (Å²) in [5.74, 6) is -1.08. The zero-order valence-corrected chi connectivity index (χ0v) is 18.1. The van der Waals surface area contributed by atoms with E-state index in [0.29, 0.717) is 18.7 Å². The SMILES string of the molecule is CN1CCC/C1=N\S(=O)(=O)c1cccc(NC(=O)C2CC2c2ccccc2C(F)(F)F)c1. The minimum Gasteiger partial charge on any atom is -0.362 e. The highest BCUT2D eigenvalue weighted by Crippen LogP contribution is 2.51. The van der Waals surface area contributed by atoms with Gasteiger partial charge in [0.2, 0.25) is 5.91 Å². The van der Waals surface area contributed by atoms with E-state index in [1.54, 1.807) is 11.9 Å². The number of rotatable bonds is 5. The van der Waals surface area contributed by atoms with E-state index < -0.39 is 39.5 Å². The molecule has 1 N–H and O–H groups in total. The average Bonchev–Trinajstić information content (AvgIpc) is 3.45. The van der Waals surface area contributed by atoms with Crippen LogP contribution in [0.25, 0.3) is 0 Å². The molecular weight excluding hydrogens is 443 g/mol. The normalized spacial score (nSPS) is 22.2. The van der Waals surface area contributed by atoms with Crippen LogP contribution in [0.3, 0.4) is 0 Å². The largest absolute Gasteiger partial charge is 0.416 e. The van der Waals surface area contributed by atoms with Crippen LogP contribution in [0, 0.1) is 5.92 Å². The number of alkyl halides is 3. The molecule has 1 aliphatic carbocycles. The molecule has 0 spiro atoms. The molecule has 1 saturated carbocycles. The lowest BCUT2D eigenvalue weighted by Gasteiger charge is -2.13. The Labute approximate surface area is 184 Å². The molecule has 2 unspecified atom stereocenters. The van der Waals surface area contributed by atoms with Crippen LogP contribution in [0.4, 0.5) is 18.9 Å². The average molecular weight is 465 g/mol. The van der Waals surface area contributed by atoms with Gasteiger partial charge in [-0.25, -0.2) is 0 Å². The van der Waals surface area contributed by atoms with Gasteiger partial charge in [-0.1, -0.05) is 24.3 Å². The smallest absolute Gasteiger partial charge is 0.362 e. The second kappa shape index (κ2) is 8.23. The van der Waals surface area contributed by atoms with Crippen LogP contribution in [0.5, 0.6) is 0 Å². The summed E-state index contributed by atoms with van der Waals surface area (Å²) in [6.07, 6.45) is -2.77. The van der Waals surface area contributed by atoms with Gasteiger partial charge in [0.1, 0.15) is 5.84 Å². The highest BCUT2D eigenvalue weighted by molar-refractivity contribution is 7.90. The Hall–Kier alpha value is -2.88. The van der Waals surface area contributed by atoms with Crippen molar-refractivity contribution in [3.8, 4) is 0 Å². The number of hydrogen-bond acceptors (Lipinski definition) is 3. The van der Waals surface area contributed by atoms with Crippen molar-refractivity contribution in [1.82, 2.24) is 4.90 Å². The number of benzene rings is 2. The minimum atomic E-state index is -4.49. The predicted octanol–water partition coefficient (Wildman–Crippen LogP) is 4.26. The minimum absolute atomic E-state index is 0.0575. The summed E-state index contributed by atoms with van der Waals surface area (Å²) in [5, 5.41) is 2.63. The van der Waals surface area contributed by atoms with E-state index in [-0.39, 0.29) is 16.1 Å². The Bertz CT molecular complexity index is 1180. The summed E-state index contributed by atoms with van der Waals surface area (Å²) in [4.78, 5) is 14.4. The lowest BCUT2D eigenvalue weighted by Crippen LogP contribution is -2.20. The van der Waals surface area contributed by atoms with Gasteiger partial charge in [-0.05, 0) is 48.6 Å². The van der Waals surface area contributed by atoms with Crippen LogP contribution in [0.15, 0.2) is 57.8 Å². The molecule has 0 radical (unpaired) electrons. The van der Waals surface area contributed by atoms with Crippen LogP contribution in [-0.4, -0.2) is 38.7 Å². The summed E-state index contributed by atoms with van der Waals surface area (Å²) in [6, 6.07) is 11.0. The van der Waals surface area contributed by atoms with Crippen LogP contribution in [-0.2, 0) is 21.0 Å². The Morgan fingerprint density at radius 3 is 2.59 bits per heavy atom. The van der Waals surface area contributed by atoms with Crippen molar-refractivity contribution in [3.05, 3.63) is 59.7 Å². The Morgan fingerprint density at radius 2 is 1.91 bits per heavy atom. The van der Waals surface area contributed by atoms with Crippen molar-refractivity contribution in [2.24, 2.45) is 10.3 Å². The van der Waals surface area contributed by atoms with Crippen molar-refractivity contribution >= 4 is 27.5 Å². The second-order valence-corrected chi connectivity index (χ2v) is 9.66. The van der Waals surface area contributed by atoms with Gasteiger partial charge in [-0.3, -0.25) is 4.79 Å². The van der Waals surface area contributed by atoms with E-state index >= 15 is 0 Å². The summed E-state index contributed by atoms with van der Waals surface area (Å²) in [5.41, 5.74) is -0.372. The Balaban J connectivity index is 1.48. The Kier molecular flexibility index (Phi) is 5.74. The molecule has 2 aromatic carbocycles. The molecule has 2 fully saturated rings. The zero-order chi connectivity index (χ0) is 23.1. The van der Waals surface area contributed by atoms with Crippen LogP contribution >= 0.6 is 0 Å². The number of nitrogens with zero attached hydrogens (tertiary/aromatic N) is 2. The summed E-state index contributed by atoms with van der Waals surface area (Å²) in [7, 11) is -2.17. The number of anilines is 1. The lowest BCUT2D eigenvalue weighted by molar-refractivity contribution is -0.138. The highest BCUT2D eigenvalue weighted by Gasteiger charge is 2.47. The fraction of sp³-hybridized carbons (Fsp3) is 0.364. The van der Waals surface area contributed by atoms with Gasteiger partial charge in [0.05, 0.1) is 10.5 Å². The third kappa shape index (κ3) is 4.64. The van der Waals surface area contributed by atoms with E-state index in [1.165, 1.54) is 42.5 Å². The quantitative estimate of drug-likeness (QED) is 0.716.